The van der Waals surface area contributed by atoms with Crippen molar-refractivity contribution in [2.45, 2.75) is 12.7 Å². The quantitative estimate of drug-likeness (QED) is 0.872. The molecule has 0 saturated heterocycles. The molecule has 0 radical (unpaired) electrons. The second kappa shape index (κ2) is 6.95. The van der Waals surface area contributed by atoms with Crippen LogP contribution in [0.5, 0.6) is 0 Å². The van der Waals surface area contributed by atoms with Gasteiger partial charge in [0.15, 0.2) is 0 Å². The first kappa shape index (κ1) is 17.2. The van der Waals surface area contributed by atoms with Crippen LogP contribution in [-0.2, 0) is 11.3 Å². The van der Waals surface area contributed by atoms with E-state index in [1.165, 1.54) is 12.1 Å². The summed E-state index contributed by atoms with van der Waals surface area (Å²) in [5.74, 6) is -0.940. The molecule has 0 aliphatic carbocycles. The first-order valence-electron chi connectivity index (χ1n) is 6.42. The van der Waals surface area contributed by atoms with Gasteiger partial charge in [0.2, 0.25) is 5.91 Å². The molecular weight excluding hydrogens is 379 g/mol. The fraction of sp³-hybridized carbons (Fsp3) is 0.214. The van der Waals surface area contributed by atoms with Crippen LogP contribution in [0.3, 0.4) is 0 Å². The van der Waals surface area contributed by atoms with E-state index in [0.717, 1.165) is 9.15 Å². The van der Waals surface area contributed by atoms with Crippen LogP contribution in [0, 0.1) is 0 Å². The standard InChI is InChI=1S/C14H11BrF3N3O2/c15-10-3-1-9(2-4-10)11-5-6-13(23)21(20-11)7-12(22)19-8-14(16,17)18/h1-6H,7-8H2,(H,19,22). The molecule has 1 aromatic carbocycles. The van der Waals surface area contributed by atoms with E-state index in [2.05, 4.69) is 21.0 Å². The van der Waals surface area contributed by atoms with Crippen LogP contribution in [0.2, 0.25) is 0 Å². The lowest BCUT2D eigenvalue weighted by atomic mass is 10.1. The summed E-state index contributed by atoms with van der Waals surface area (Å²) in [5, 5.41) is 5.70. The number of amides is 1. The van der Waals surface area contributed by atoms with E-state index in [1.807, 2.05) is 0 Å². The second-order valence-corrected chi connectivity index (χ2v) is 5.53. The molecule has 1 amide bonds. The first-order valence-corrected chi connectivity index (χ1v) is 7.21. The Balaban J connectivity index is 2.16. The molecule has 9 heteroatoms. The SMILES string of the molecule is O=C(Cn1nc(-c2ccc(Br)cc2)ccc1=O)NCC(F)(F)F. The number of alkyl halides is 3. The van der Waals surface area contributed by atoms with Crippen molar-refractivity contribution in [2.75, 3.05) is 6.54 Å². The third-order valence-electron chi connectivity index (χ3n) is 2.79. The molecule has 0 unspecified atom stereocenters. The Morgan fingerprint density at radius 2 is 1.83 bits per heavy atom. The van der Waals surface area contributed by atoms with Gasteiger partial charge in [0, 0.05) is 16.1 Å². The third kappa shape index (κ3) is 5.20. The smallest absolute Gasteiger partial charge is 0.345 e. The minimum atomic E-state index is -4.51. The van der Waals surface area contributed by atoms with Gasteiger partial charge in [-0.15, -0.1) is 0 Å². The predicted molar refractivity (Wildman–Crippen MR) is 80.7 cm³/mol. The number of carbonyl (C=O) groups is 1. The molecule has 2 aromatic rings. The number of benzene rings is 1. The topological polar surface area (TPSA) is 64.0 Å². The van der Waals surface area contributed by atoms with E-state index in [0.29, 0.717) is 11.3 Å². The van der Waals surface area contributed by atoms with Gasteiger partial charge in [-0.25, -0.2) is 4.68 Å². The molecule has 0 fully saturated rings. The molecule has 1 heterocycles. The maximum Gasteiger partial charge on any atom is 0.405 e. The predicted octanol–water partition coefficient (Wildman–Crippen LogP) is 2.35. The molecule has 0 saturated carbocycles. The number of nitrogens with one attached hydrogen (secondary N) is 1. The molecule has 5 nitrogen and oxygen atoms in total. The fourth-order valence-electron chi connectivity index (χ4n) is 1.73. The summed E-state index contributed by atoms with van der Waals surface area (Å²) in [6, 6.07) is 9.76. The summed E-state index contributed by atoms with van der Waals surface area (Å²) >= 11 is 3.29. The summed E-state index contributed by atoms with van der Waals surface area (Å²) in [7, 11) is 0. The van der Waals surface area contributed by atoms with Gasteiger partial charge in [0.25, 0.3) is 5.56 Å². The molecule has 0 spiro atoms. The van der Waals surface area contributed by atoms with Crippen LogP contribution in [0.1, 0.15) is 0 Å². The van der Waals surface area contributed by atoms with E-state index in [9.17, 15) is 22.8 Å². The van der Waals surface area contributed by atoms with E-state index in [-0.39, 0.29) is 0 Å². The highest BCUT2D eigenvalue weighted by Crippen LogP contribution is 2.18. The highest BCUT2D eigenvalue weighted by atomic mass is 79.9. The summed E-state index contributed by atoms with van der Waals surface area (Å²) in [6.07, 6.45) is -4.51. The molecular formula is C14H11BrF3N3O2. The Labute approximate surface area is 137 Å². The Morgan fingerprint density at radius 1 is 1.17 bits per heavy atom. The number of carbonyl (C=O) groups excluding carboxylic acids is 1. The zero-order valence-corrected chi connectivity index (χ0v) is 13.2. The normalized spacial score (nSPS) is 11.3. The first-order chi connectivity index (χ1) is 10.7. The van der Waals surface area contributed by atoms with Gasteiger partial charge in [0.05, 0.1) is 5.69 Å². The van der Waals surface area contributed by atoms with Crippen molar-refractivity contribution in [1.29, 1.82) is 0 Å². The molecule has 0 aliphatic rings. The number of hydrogen-bond acceptors (Lipinski definition) is 3. The lowest BCUT2D eigenvalue weighted by Crippen LogP contribution is -2.38. The zero-order chi connectivity index (χ0) is 17.0. The highest BCUT2D eigenvalue weighted by Gasteiger charge is 2.27. The molecule has 0 bridgehead atoms. The van der Waals surface area contributed by atoms with Gasteiger partial charge in [0.1, 0.15) is 13.1 Å². The van der Waals surface area contributed by atoms with Crippen molar-refractivity contribution in [2.24, 2.45) is 0 Å². The number of rotatable bonds is 4. The van der Waals surface area contributed by atoms with Gasteiger partial charge in [-0.1, -0.05) is 28.1 Å². The summed E-state index contributed by atoms with van der Waals surface area (Å²) in [6.45, 7) is -2.04. The number of nitrogens with zero attached hydrogens (tertiary/aromatic N) is 2. The van der Waals surface area contributed by atoms with Gasteiger partial charge in [-0.05, 0) is 18.2 Å². The third-order valence-corrected chi connectivity index (χ3v) is 3.31. The minimum Gasteiger partial charge on any atom is -0.345 e. The van der Waals surface area contributed by atoms with E-state index >= 15 is 0 Å². The number of aromatic nitrogens is 2. The van der Waals surface area contributed by atoms with E-state index in [4.69, 9.17) is 0 Å². The maximum absolute atomic E-state index is 12.0. The lowest BCUT2D eigenvalue weighted by Gasteiger charge is -2.10. The van der Waals surface area contributed by atoms with Gasteiger partial charge in [-0.2, -0.15) is 18.3 Å². The molecule has 122 valence electrons. The van der Waals surface area contributed by atoms with Crippen LogP contribution in [-0.4, -0.2) is 28.4 Å². The number of hydrogen-bond donors (Lipinski definition) is 1. The number of halogens is 4. The Bertz CT molecular complexity index is 757. The molecule has 23 heavy (non-hydrogen) atoms. The molecule has 2 rings (SSSR count). The Kier molecular flexibility index (Phi) is 5.19. The average Bonchev–Trinajstić information content (AvgIpc) is 2.48. The van der Waals surface area contributed by atoms with Crippen molar-refractivity contribution >= 4 is 21.8 Å². The minimum absolute atomic E-state index is 0.431. The molecule has 1 N–H and O–H groups in total. The van der Waals surface area contributed by atoms with Gasteiger partial charge in [-0.3, -0.25) is 9.59 Å². The van der Waals surface area contributed by atoms with Gasteiger partial charge >= 0.3 is 6.18 Å². The fourth-order valence-corrected chi connectivity index (χ4v) is 1.99. The van der Waals surface area contributed by atoms with Crippen LogP contribution in [0.25, 0.3) is 11.3 Å². The van der Waals surface area contributed by atoms with Gasteiger partial charge < -0.3 is 5.32 Å². The highest BCUT2D eigenvalue weighted by molar-refractivity contribution is 9.10. The van der Waals surface area contributed by atoms with Crippen LogP contribution in [0.4, 0.5) is 13.2 Å². The van der Waals surface area contributed by atoms with Crippen LogP contribution >= 0.6 is 15.9 Å². The van der Waals surface area contributed by atoms with Crippen molar-refractivity contribution in [3.8, 4) is 11.3 Å². The van der Waals surface area contributed by atoms with Crippen LogP contribution < -0.4 is 10.9 Å². The van der Waals surface area contributed by atoms with E-state index < -0.39 is 30.7 Å². The van der Waals surface area contributed by atoms with Crippen molar-refractivity contribution in [1.82, 2.24) is 15.1 Å². The van der Waals surface area contributed by atoms with E-state index in [1.54, 1.807) is 29.6 Å². The molecule has 1 aromatic heterocycles. The Morgan fingerprint density at radius 3 is 2.43 bits per heavy atom. The van der Waals surface area contributed by atoms with Crippen molar-refractivity contribution in [3.63, 3.8) is 0 Å². The Hall–Kier alpha value is -2.16. The monoisotopic (exact) mass is 389 g/mol. The second-order valence-electron chi connectivity index (χ2n) is 4.61. The molecule has 0 atom stereocenters. The summed E-state index contributed by atoms with van der Waals surface area (Å²) < 4.78 is 37.8. The van der Waals surface area contributed by atoms with Crippen LogP contribution in [0.15, 0.2) is 45.7 Å². The maximum atomic E-state index is 12.0. The summed E-state index contributed by atoms with van der Waals surface area (Å²) in [5.41, 5.74) is 0.561. The molecule has 0 aliphatic heterocycles. The summed E-state index contributed by atoms with van der Waals surface area (Å²) in [4.78, 5) is 23.2. The largest absolute Gasteiger partial charge is 0.405 e. The average molecular weight is 390 g/mol. The van der Waals surface area contributed by atoms with Crippen molar-refractivity contribution in [3.05, 3.63) is 51.2 Å². The lowest BCUT2D eigenvalue weighted by molar-refractivity contribution is -0.138. The van der Waals surface area contributed by atoms with Crippen molar-refractivity contribution < 1.29 is 18.0 Å². The zero-order valence-electron chi connectivity index (χ0n) is 11.6.